The number of carboxylic acid groups (broad SMARTS) is 1. The summed E-state index contributed by atoms with van der Waals surface area (Å²) in [5.41, 5.74) is 1.89. The molecule has 0 aromatic carbocycles. The monoisotopic (exact) mass is 305 g/mol. The molecule has 2 aromatic rings. The minimum Gasteiger partial charge on any atom is -0.478 e. The normalized spacial score (nSPS) is 10.7. The van der Waals surface area contributed by atoms with Gasteiger partial charge in [-0.1, -0.05) is 0 Å². The van der Waals surface area contributed by atoms with E-state index in [2.05, 4.69) is 10.2 Å². The first kappa shape index (κ1) is 15.7. The highest BCUT2D eigenvalue weighted by Crippen LogP contribution is 2.14. The van der Waals surface area contributed by atoms with Gasteiger partial charge < -0.3 is 10.0 Å². The summed E-state index contributed by atoms with van der Waals surface area (Å²) >= 11 is 0. The number of aromatic nitrogens is 4. The van der Waals surface area contributed by atoms with Crippen molar-refractivity contribution in [1.82, 2.24) is 24.5 Å². The molecule has 8 nitrogen and oxygen atoms in total. The van der Waals surface area contributed by atoms with E-state index >= 15 is 0 Å². The average Bonchev–Trinajstić information content (AvgIpc) is 3.02. The maximum atomic E-state index is 12.5. The van der Waals surface area contributed by atoms with Gasteiger partial charge in [-0.15, -0.1) is 0 Å². The molecule has 1 N–H and O–H groups in total. The maximum Gasteiger partial charge on any atom is 0.339 e. The molecule has 22 heavy (non-hydrogen) atoms. The van der Waals surface area contributed by atoms with E-state index in [4.69, 9.17) is 5.11 Å². The summed E-state index contributed by atoms with van der Waals surface area (Å²) in [5, 5.41) is 17.2. The summed E-state index contributed by atoms with van der Waals surface area (Å²) in [6.07, 6.45) is 2.91. The standard InChI is InChI=1S/C14H19N5O3/c1-5-19-9(2)10(6-16-19)8-17(3)13(20)12-11(14(21)22)7-15-18(12)4/h6-7H,5,8H2,1-4H3,(H,21,22). The van der Waals surface area contributed by atoms with Gasteiger partial charge >= 0.3 is 5.97 Å². The van der Waals surface area contributed by atoms with Gasteiger partial charge in [0.05, 0.1) is 12.4 Å². The molecule has 0 saturated heterocycles. The van der Waals surface area contributed by atoms with Gasteiger partial charge in [0.1, 0.15) is 11.3 Å². The van der Waals surface area contributed by atoms with Crippen molar-refractivity contribution in [2.75, 3.05) is 7.05 Å². The molecule has 8 heteroatoms. The summed E-state index contributed by atoms with van der Waals surface area (Å²) in [7, 11) is 3.18. The third kappa shape index (κ3) is 2.72. The minimum atomic E-state index is -1.17. The molecule has 0 spiro atoms. The number of carbonyl (C=O) groups is 2. The van der Waals surface area contributed by atoms with Gasteiger partial charge in [-0.3, -0.25) is 14.2 Å². The zero-order valence-corrected chi connectivity index (χ0v) is 13.1. The number of hydrogen-bond donors (Lipinski definition) is 1. The van der Waals surface area contributed by atoms with Gasteiger partial charge in [-0.25, -0.2) is 4.79 Å². The summed E-state index contributed by atoms with van der Waals surface area (Å²) in [6.45, 7) is 5.05. The van der Waals surface area contributed by atoms with E-state index in [1.807, 2.05) is 18.5 Å². The Hall–Kier alpha value is -2.64. The lowest BCUT2D eigenvalue weighted by Gasteiger charge is -2.17. The van der Waals surface area contributed by atoms with E-state index in [9.17, 15) is 9.59 Å². The SMILES string of the molecule is CCn1ncc(CN(C)C(=O)c2c(C(=O)O)cnn2C)c1C. The maximum absolute atomic E-state index is 12.5. The molecule has 0 unspecified atom stereocenters. The lowest BCUT2D eigenvalue weighted by molar-refractivity contribution is 0.0678. The van der Waals surface area contributed by atoms with Crippen LogP contribution >= 0.6 is 0 Å². The Kier molecular flexibility index (Phi) is 4.30. The summed E-state index contributed by atoms with van der Waals surface area (Å²) in [6, 6.07) is 0. The van der Waals surface area contributed by atoms with Crippen LogP contribution in [0.15, 0.2) is 12.4 Å². The molecule has 0 saturated carbocycles. The minimum absolute atomic E-state index is 0.0653. The summed E-state index contributed by atoms with van der Waals surface area (Å²) < 4.78 is 3.13. The van der Waals surface area contributed by atoms with Gasteiger partial charge in [0.15, 0.2) is 0 Å². The quantitative estimate of drug-likeness (QED) is 0.886. The van der Waals surface area contributed by atoms with Crippen molar-refractivity contribution in [2.24, 2.45) is 7.05 Å². The van der Waals surface area contributed by atoms with Crippen LogP contribution in [0.4, 0.5) is 0 Å². The van der Waals surface area contributed by atoms with Gasteiger partial charge in [0.25, 0.3) is 5.91 Å². The number of nitrogens with zero attached hydrogens (tertiary/aromatic N) is 5. The number of rotatable bonds is 5. The molecule has 0 bridgehead atoms. The Balaban J connectivity index is 2.24. The lowest BCUT2D eigenvalue weighted by Crippen LogP contribution is -2.29. The molecule has 2 aromatic heterocycles. The van der Waals surface area contributed by atoms with Crippen LogP contribution in [-0.2, 0) is 20.1 Å². The highest BCUT2D eigenvalue weighted by atomic mass is 16.4. The molecule has 0 aliphatic heterocycles. The first-order chi connectivity index (χ1) is 10.4. The fourth-order valence-electron chi connectivity index (χ4n) is 2.31. The Morgan fingerprint density at radius 3 is 2.55 bits per heavy atom. The molecule has 2 heterocycles. The second kappa shape index (κ2) is 6.00. The van der Waals surface area contributed by atoms with Crippen molar-refractivity contribution in [3.05, 3.63) is 34.9 Å². The Bertz CT molecular complexity index is 716. The average molecular weight is 305 g/mol. The van der Waals surface area contributed by atoms with Crippen LogP contribution in [0.1, 0.15) is 39.0 Å². The second-order valence-electron chi connectivity index (χ2n) is 5.07. The molecule has 0 fully saturated rings. The van der Waals surface area contributed by atoms with E-state index in [0.29, 0.717) is 6.54 Å². The van der Waals surface area contributed by atoms with Gasteiger partial charge in [-0.2, -0.15) is 10.2 Å². The van der Waals surface area contributed by atoms with Crippen LogP contribution in [0.5, 0.6) is 0 Å². The van der Waals surface area contributed by atoms with Crippen molar-refractivity contribution in [3.8, 4) is 0 Å². The van der Waals surface area contributed by atoms with E-state index in [-0.39, 0.29) is 17.2 Å². The molecule has 0 atom stereocenters. The molecular formula is C14H19N5O3. The van der Waals surface area contributed by atoms with Gasteiger partial charge in [0, 0.05) is 38.4 Å². The molecule has 118 valence electrons. The first-order valence-corrected chi connectivity index (χ1v) is 6.88. The van der Waals surface area contributed by atoms with Crippen molar-refractivity contribution in [1.29, 1.82) is 0 Å². The number of amides is 1. The lowest BCUT2D eigenvalue weighted by atomic mass is 10.2. The third-order valence-electron chi connectivity index (χ3n) is 3.63. The molecule has 0 aliphatic rings. The van der Waals surface area contributed by atoms with E-state index < -0.39 is 5.97 Å². The van der Waals surface area contributed by atoms with E-state index in [1.165, 1.54) is 15.8 Å². The second-order valence-corrected chi connectivity index (χ2v) is 5.07. The van der Waals surface area contributed by atoms with Crippen molar-refractivity contribution in [3.63, 3.8) is 0 Å². The zero-order valence-electron chi connectivity index (χ0n) is 13.1. The number of aromatic carboxylic acids is 1. The number of carboxylic acids is 1. The largest absolute Gasteiger partial charge is 0.478 e. The smallest absolute Gasteiger partial charge is 0.339 e. The van der Waals surface area contributed by atoms with E-state index in [0.717, 1.165) is 17.8 Å². The zero-order chi connectivity index (χ0) is 16.4. The van der Waals surface area contributed by atoms with Gasteiger partial charge in [-0.05, 0) is 13.8 Å². The Morgan fingerprint density at radius 2 is 2.00 bits per heavy atom. The van der Waals surface area contributed by atoms with Crippen LogP contribution in [0.25, 0.3) is 0 Å². The van der Waals surface area contributed by atoms with Crippen molar-refractivity contribution in [2.45, 2.75) is 26.9 Å². The van der Waals surface area contributed by atoms with Crippen LogP contribution in [-0.4, -0.2) is 48.5 Å². The molecule has 1 amide bonds. The summed E-state index contributed by atoms with van der Waals surface area (Å²) in [4.78, 5) is 25.2. The number of aryl methyl sites for hydroxylation is 2. The highest BCUT2D eigenvalue weighted by molar-refractivity contribution is 6.03. The molecule has 0 radical (unpaired) electrons. The fraction of sp³-hybridized carbons (Fsp3) is 0.429. The van der Waals surface area contributed by atoms with Crippen LogP contribution in [0.3, 0.4) is 0 Å². The van der Waals surface area contributed by atoms with E-state index in [1.54, 1.807) is 20.3 Å². The number of hydrogen-bond acceptors (Lipinski definition) is 4. The predicted octanol–water partition coefficient (Wildman–Crippen LogP) is 0.915. The molecule has 2 rings (SSSR count). The van der Waals surface area contributed by atoms with Crippen LogP contribution in [0.2, 0.25) is 0 Å². The molecule has 0 aliphatic carbocycles. The van der Waals surface area contributed by atoms with Crippen LogP contribution < -0.4 is 0 Å². The molecular weight excluding hydrogens is 286 g/mol. The van der Waals surface area contributed by atoms with Crippen molar-refractivity contribution < 1.29 is 14.7 Å². The third-order valence-corrected chi connectivity index (χ3v) is 3.63. The van der Waals surface area contributed by atoms with Crippen LogP contribution in [0, 0.1) is 6.92 Å². The topological polar surface area (TPSA) is 93.2 Å². The highest BCUT2D eigenvalue weighted by Gasteiger charge is 2.24. The fourth-order valence-corrected chi connectivity index (χ4v) is 2.31. The first-order valence-electron chi connectivity index (χ1n) is 6.88. The van der Waals surface area contributed by atoms with Crippen molar-refractivity contribution >= 4 is 11.9 Å². The van der Waals surface area contributed by atoms with Gasteiger partial charge in [0.2, 0.25) is 0 Å². The predicted molar refractivity (Wildman–Crippen MR) is 78.6 cm³/mol. The Morgan fingerprint density at radius 1 is 1.32 bits per heavy atom. The number of carbonyl (C=O) groups excluding carboxylic acids is 1. The Labute approximate surface area is 127 Å². The summed E-state index contributed by atoms with van der Waals surface area (Å²) in [5.74, 6) is -1.55.